The number of rotatable bonds is 3. The summed E-state index contributed by atoms with van der Waals surface area (Å²) in [6, 6.07) is 56.0. The standard InChI is InChI=1S/C44H26O2/c1-2-14-28(15-3-1)39-26-37-36(25-40-43(44(37)46-39)35-22-10-11-24-38(35)45-40)42-33-20-8-6-18-31(33)41(32-19-7-9-21-34(32)42)30-23-12-16-27-13-4-5-17-29(27)30/h1-26H. The molecule has 0 aliphatic carbocycles. The van der Waals surface area contributed by atoms with Crippen molar-refractivity contribution in [1.82, 2.24) is 0 Å². The lowest BCUT2D eigenvalue weighted by Gasteiger charge is -2.19. The topological polar surface area (TPSA) is 26.3 Å². The Morgan fingerprint density at radius 1 is 0.348 bits per heavy atom. The lowest BCUT2D eigenvalue weighted by atomic mass is 9.84. The maximum atomic E-state index is 6.80. The summed E-state index contributed by atoms with van der Waals surface area (Å²) in [5.74, 6) is 0.843. The zero-order chi connectivity index (χ0) is 30.2. The normalized spacial score (nSPS) is 11.9. The van der Waals surface area contributed by atoms with Crippen molar-refractivity contribution >= 4 is 65.2 Å². The van der Waals surface area contributed by atoms with Crippen LogP contribution in [0.5, 0.6) is 0 Å². The molecule has 0 atom stereocenters. The summed E-state index contributed by atoms with van der Waals surface area (Å²) in [7, 11) is 0. The largest absolute Gasteiger partial charge is 0.456 e. The molecular weight excluding hydrogens is 560 g/mol. The van der Waals surface area contributed by atoms with Gasteiger partial charge in [-0.2, -0.15) is 0 Å². The second kappa shape index (κ2) is 9.69. The minimum atomic E-state index is 0.823. The highest BCUT2D eigenvalue weighted by atomic mass is 16.3. The zero-order valence-corrected chi connectivity index (χ0v) is 24.8. The minimum absolute atomic E-state index is 0.823. The first-order chi connectivity index (χ1) is 22.8. The van der Waals surface area contributed by atoms with Crippen LogP contribution in [0.1, 0.15) is 0 Å². The van der Waals surface area contributed by atoms with Gasteiger partial charge in [-0.05, 0) is 72.8 Å². The smallest absolute Gasteiger partial charge is 0.147 e. The Morgan fingerprint density at radius 2 is 0.913 bits per heavy atom. The Labute approximate surface area is 264 Å². The number of benzene rings is 8. The molecule has 2 nitrogen and oxygen atoms in total. The molecule has 2 aromatic heterocycles. The Bertz CT molecular complexity index is 2740. The fraction of sp³-hybridized carbons (Fsp3) is 0. The van der Waals surface area contributed by atoms with E-state index in [1.165, 1.54) is 49.0 Å². The fourth-order valence-electron chi connectivity index (χ4n) is 7.49. The van der Waals surface area contributed by atoms with Gasteiger partial charge in [0, 0.05) is 16.3 Å². The first kappa shape index (κ1) is 25.2. The van der Waals surface area contributed by atoms with Crippen LogP contribution in [0.25, 0.3) is 98.8 Å². The van der Waals surface area contributed by atoms with E-state index in [0.717, 1.165) is 49.8 Å². The van der Waals surface area contributed by atoms with Crippen LogP contribution in [0.15, 0.2) is 167 Å². The first-order valence-corrected chi connectivity index (χ1v) is 15.7. The molecule has 0 saturated heterocycles. The van der Waals surface area contributed by atoms with Gasteiger partial charge in [-0.3, -0.25) is 0 Å². The van der Waals surface area contributed by atoms with Gasteiger partial charge in [0.1, 0.15) is 22.5 Å². The molecule has 0 saturated carbocycles. The molecule has 0 aliphatic rings. The summed E-state index contributed by atoms with van der Waals surface area (Å²) in [4.78, 5) is 0. The van der Waals surface area contributed by atoms with Crippen LogP contribution in [0, 0.1) is 0 Å². The molecule has 0 bridgehead atoms. The third-order valence-electron chi connectivity index (χ3n) is 9.47. The van der Waals surface area contributed by atoms with Crippen molar-refractivity contribution in [1.29, 1.82) is 0 Å². The maximum Gasteiger partial charge on any atom is 0.147 e. The molecule has 0 spiro atoms. The van der Waals surface area contributed by atoms with Gasteiger partial charge in [-0.25, -0.2) is 0 Å². The van der Waals surface area contributed by atoms with E-state index in [4.69, 9.17) is 8.83 Å². The van der Waals surface area contributed by atoms with Gasteiger partial charge in [-0.15, -0.1) is 0 Å². The van der Waals surface area contributed by atoms with Crippen molar-refractivity contribution < 1.29 is 8.83 Å². The van der Waals surface area contributed by atoms with Crippen LogP contribution < -0.4 is 0 Å². The SMILES string of the molecule is c1ccc(-c2cc3c(-c4c5ccccc5c(-c5cccc6ccccc56)c5ccccc45)cc4oc5ccccc5c4c3o2)cc1. The van der Waals surface area contributed by atoms with Crippen molar-refractivity contribution in [3.05, 3.63) is 158 Å². The summed E-state index contributed by atoms with van der Waals surface area (Å²) in [5.41, 5.74) is 8.36. The van der Waals surface area contributed by atoms with E-state index in [1.54, 1.807) is 0 Å². The second-order valence-corrected chi connectivity index (χ2v) is 12.0. The van der Waals surface area contributed by atoms with Gasteiger partial charge >= 0.3 is 0 Å². The van der Waals surface area contributed by atoms with E-state index in [2.05, 4.69) is 140 Å². The summed E-state index contributed by atoms with van der Waals surface area (Å²) >= 11 is 0. The van der Waals surface area contributed by atoms with Crippen molar-refractivity contribution in [3.63, 3.8) is 0 Å². The summed E-state index contributed by atoms with van der Waals surface area (Å²) in [5, 5.41) is 10.5. The van der Waals surface area contributed by atoms with E-state index < -0.39 is 0 Å². The number of hydrogen-bond acceptors (Lipinski definition) is 2. The van der Waals surface area contributed by atoms with Crippen LogP contribution >= 0.6 is 0 Å². The molecule has 0 unspecified atom stereocenters. The van der Waals surface area contributed by atoms with Crippen molar-refractivity contribution in [2.24, 2.45) is 0 Å². The highest BCUT2D eigenvalue weighted by Gasteiger charge is 2.23. The molecule has 0 fully saturated rings. The van der Waals surface area contributed by atoms with Gasteiger partial charge in [0.2, 0.25) is 0 Å². The highest BCUT2D eigenvalue weighted by Crippen LogP contribution is 2.49. The first-order valence-electron chi connectivity index (χ1n) is 15.7. The summed E-state index contributed by atoms with van der Waals surface area (Å²) in [6.07, 6.45) is 0. The van der Waals surface area contributed by atoms with Crippen molar-refractivity contribution in [2.45, 2.75) is 0 Å². The van der Waals surface area contributed by atoms with Gasteiger partial charge in [-0.1, -0.05) is 140 Å². The average molecular weight is 587 g/mol. The second-order valence-electron chi connectivity index (χ2n) is 12.0. The predicted octanol–water partition coefficient (Wildman–Crippen LogP) is 12.8. The zero-order valence-electron chi connectivity index (χ0n) is 24.8. The van der Waals surface area contributed by atoms with Crippen LogP contribution in [0.4, 0.5) is 0 Å². The van der Waals surface area contributed by atoms with E-state index in [-0.39, 0.29) is 0 Å². The van der Waals surface area contributed by atoms with Gasteiger partial charge < -0.3 is 8.83 Å². The Morgan fingerprint density at radius 3 is 1.63 bits per heavy atom. The minimum Gasteiger partial charge on any atom is -0.456 e. The number of para-hydroxylation sites is 1. The monoisotopic (exact) mass is 586 g/mol. The van der Waals surface area contributed by atoms with Gasteiger partial charge in [0.05, 0.1) is 5.39 Å². The quantitative estimate of drug-likeness (QED) is 0.193. The Hall–Kier alpha value is -6.12. The molecular formula is C44H26O2. The van der Waals surface area contributed by atoms with E-state index in [1.807, 2.05) is 18.2 Å². The summed E-state index contributed by atoms with van der Waals surface area (Å²) < 4.78 is 13.3. The van der Waals surface area contributed by atoms with Crippen molar-refractivity contribution in [2.75, 3.05) is 0 Å². The summed E-state index contributed by atoms with van der Waals surface area (Å²) in [6.45, 7) is 0. The molecule has 2 heteroatoms. The van der Waals surface area contributed by atoms with Gasteiger partial charge in [0.15, 0.2) is 0 Å². The van der Waals surface area contributed by atoms with Crippen LogP contribution in [-0.4, -0.2) is 0 Å². The predicted molar refractivity (Wildman–Crippen MR) is 192 cm³/mol. The van der Waals surface area contributed by atoms with Crippen LogP contribution in [0.2, 0.25) is 0 Å². The number of furan rings is 2. The molecule has 0 amide bonds. The third kappa shape index (κ3) is 3.59. The molecule has 10 rings (SSSR count). The third-order valence-corrected chi connectivity index (χ3v) is 9.47. The maximum absolute atomic E-state index is 6.80. The van der Waals surface area contributed by atoms with E-state index >= 15 is 0 Å². The molecule has 2 heterocycles. The van der Waals surface area contributed by atoms with Crippen LogP contribution in [0.3, 0.4) is 0 Å². The number of hydrogen-bond donors (Lipinski definition) is 0. The fourth-order valence-corrected chi connectivity index (χ4v) is 7.49. The molecule has 0 N–H and O–H groups in total. The molecule has 46 heavy (non-hydrogen) atoms. The average Bonchev–Trinajstić information content (AvgIpc) is 3.73. The van der Waals surface area contributed by atoms with Gasteiger partial charge in [0.25, 0.3) is 0 Å². The molecule has 8 aromatic carbocycles. The lowest BCUT2D eigenvalue weighted by Crippen LogP contribution is -1.92. The molecule has 0 aliphatic heterocycles. The Kier molecular flexibility index (Phi) is 5.31. The lowest BCUT2D eigenvalue weighted by molar-refractivity contribution is 0.633. The van der Waals surface area contributed by atoms with E-state index in [0.29, 0.717) is 0 Å². The molecule has 10 aromatic rings. The van der Waals surface area contributed by atoms with Crippen molar-refractivity contribution in [3.8, 4) is 33.6 Å². The molecule has 214 valence electrons. The molecule has 0 radical (unpaired) electrons. The Balaban J connectivity index is 1.38. The van der Waals surface area contributed by atoms with Crippen LogP contribution in [-0.2, 0) is 0 Å². The highest BCUT2D eigenvalue weighted by molar-refractivity contribution is 6.28. The van der Waals surface area contributed by atoms with E-state index in [9.17, 15) is 0 Å². The number of fused-ring (bicyclic) bond motifs is 8.